The molecule has 0 saturated heterocycles. The first-order chi connectivity index (χ1) is 15.3. The summed E-state index contributed by atoms with van der Waals surface area (Å²) >= 11 is 0. The van der Waals surface area contributed by atoms with Gasteiger partial charge in [0.05, 0.1) is 26.8 Å². The van der Waals surface area contributed by atoms with Crippen molar-refractivity contribution in [2.24, 2.45) is 0 Å². The van der Waals surface area contributed by atoms with E-state index in [0.717, 1.165) is 19.4 Å². The van der Waals surface area contributed by atoms with Crippen molar-refractivity contribution in [3.05, 3.63) is 0 Å². The van der Waals surface area contributed by atoms with Gasteiger partial charge in [-0.25, -0.2) is 0 Å². The van der Waals surface area contributed by atoms with Gasteiger partial charge in [-0.3, -0.25) is 0 Å². The number of nitrogens with zero attached hydrogens (tertiary/aromatic N) is 1. The van der Waals surface area contributed by atoms with Crippen LogP contribution in [0.25, 0.3) is 0 Å². The first-order valence-electron chi connectivity index (χ1n) is 13.1. The molecule has 0 spiro atoms. The van der Waals surface area contributed by atoms with E-state index in [0.29, 0.717) is 11.0 Å². The summed E-state index contributed by atoms with van der Waals surface area (Å²) in [5.41, 5.74) is 0. The second kappa shape index (κ2) is 20.1. The Morgan fingerprint density at radius 3 is 1.38 bits per heavy atom. The Hall–Kier alpha value is -0.280. The van der Waals surface area contributed by atoms with Crippen molar-refractivity contribution in [3.63, 3.8) is 0 Å². The lowest BCUT2D eigenvalue weighted by Gasteiger charge is -2.37. The number of rotatable bonds is 23. The molecule has 6 N–H and O–H groups in total. The average Bonchev–Trinajstić information content (AvgIpc) is 2.77. The summed E-state index contributed by atoms with van der Waals surface area (Å²) in [7, 11) is 1.92. The predicted octanol–water partition coefficient (Wildman–Crippen LogP) is 2.34. The highest BCUT2D eigenvalue weighted by atomic mass is 16.4. The lowest BCUT2D eigenvalue weighted by atomic mass is 10.0. The summed E-state index contributed by atoms with van der Waals surface area (Å²) < 4.78 is 0.384. The summed E-state index contributed by atoms with van der Waals surface area (Å²) in [6.45, 7) is 2.91. The van der Waals surface area contributed by atoms with Crippen LogP contribution < -0.4 is 0 Å². The molecule has 0 aliphatic carbocycles. The molecule has 0 aromatic rings. The zero-order valence-corrected chi connectivity index (χ0v) is 20.9. The normalized spacial score (nSPS) is 17.6. The van der Waals surface area contributed by atoms with Crippen LogP contribution in [-0.2, 0) is 0 Å². The van der Waals surface area contributed by atoms with Gasteiger partial charge in [-0.05, 0) is 12.8 Å². The van der Waals surface area contributed by atoms with Crippen LogP contribution in [0.3, 0.4) is 0 Å². The Morgan fingerprint density at radius 1 is 0.562 bits per heavy atom. The number of hydrogen-bond donors (Lipinski definition) is 6. The predicted molar refractivity (Wildman–Crippen MR) is 129 cm³/mol. The third-order valence-corrected chi connectivity index (χ3v) is 6.64. The van der Waals surface area contributed by atoms with Crippen LogP contribution in [0.15, 0.2) is 0 Å². The minimum Gasteiger partial charge on any atom is -0.394 e. The highest BCUT2D eigenvalue weighted by molar-refractivity contribution is 4.80. The Kier molecular flexibility index (Phi) is 19.9. The van der Waals surface area contributed by atoms with Crippen molar-refractivity contribution >= 4 is 0 Å². The molecule has 0 bridgehead atoms. The smallest absolute Gasteiger partial charge is 0.131 e. The molecular formula is C25H54NO6+. The second-order valence-electron chi connectivity index (χ2n) is 9.87. The fourth-order valence-corrected chi connectivity index (χ4v) is 4.35. The standard InChI is InChI=1S/C25H54NO6/c1-3-4-5-6-7-8-9-10-11-12-13-14-15-16-17-26(2,18-19-27)20-22(29)24(31)25(32)23(30)21-28/h22-25,27-32H,3-21H2,1-2H3/q+1/t22-,23+,24-,25+,26?/m0/s1. The third kappa shape index (κ3) is 15.5. The fourth-order valence-electron chi connectivity index (χ4n) is 4.35. The van der Waals surface area contributed by atoms with Gasteiger partial charge < -0.3 is 35.1 Å². The van der Waals surface area contributed by atoms with Gasteiger partial charge in [0, 0.05) is 0 Å². The van der Waals surface area contributed by atoms with Crippen LogP contribution in [0.2, 0.25) is 0 Å². The number of aliphatic hydroxyl groups is 6. The number of quaternary nitrogens is 1. The van der Waals surface area contributed by atoms with Crippen molar-refractivity contribution in [2.75, 3.05) is 39.9 Å². The molecule has 7 nitrogen and oxygen atoms in total. The molecule has 0 amide bonds. The largest absolute Gasteiger partial charge is 0.394 e. The van der Waals surface area contributed by atoms with Crippen molar-refractivity contribution in [2.45, 2.75) is 121 Å². The molecule has 194 valence electrons. The molecule has 1 unspecified atom stereocenters. The van der Waals surface area contributed by atoms with Crippen molar-refractivity contribution in [1.29, 1.82) is 0 Å². The Balaban J connectivity index is 3.96. The topological polar surface area (TPSA) is 121 Å². The van der Waals surface area contributed by atoms with E-state index in [-0.39, 0.29) is 13.2 Å². The molecule has 0 saturated carbocycles. The summed E-state index contributed by atoms with van der Waals surface area (Å²) in [4.78, 5) is 0. The Bertz CT molecular complexity index is 414. The van der Waals surface area contributed by atoms with Gasteiger partial charge in [0.2, 0.25) is 0 Å². The second-order valence-corrected chi connectivity index (χ2v) is 9.87. The highest BCUT2D eigenvalue weighted by Crippen LogP contribution is 2.16. The lowest BCUT2D eigenvalue weighted by Crippen LogP contribution is -2.56. The minimum atomic E-state index is -1.61. The van der Waals surface area contributed by atoms with E-state index in [2.05, 4.69) is 6.92 Å². The van der Waals surface area contributed by atoms with Gasteiger partial charge >= 0.3 is 0 Å². The Morgan fingerprint density at radius 2 is 0.969 bits per heavy atom. The molecule has 0 radical (unpaired) electrons. The molecule has 0 aromatic carbocycles. The molecule has 5 atom stereocenters. The maximum Gasteiger partial charge on any atom is 0.131 e. The van der Waals surface area contributed by atoms with E-state index >= 15 is 0 Å². The number of unbranched alkanes of at least 4 members (excludes halogenated alkanes) is 13. The van der Waals surface area contributed by atoms with Crippen molar-refractivity contribution < 1.29 is 35.1 Å². The fraction of sp³-hybridized carbons (Fsp3) is 1.00. The first kappa shape index (κ1) is 31.7. The van der Waals surface area contributed by atoms with E-state index in [1.54, 1.807) is 0 Å². The summed E-state index contributed by atoms with van der Waals surface area (Å²) in [5, 5.41) is 58.0. The summed E-state index contributed by atoms with van der Waals surface area (Å²) in [6, 6.07) is 0. The highest BCUT2D eigenvalue weighted by Gasteiger charge is 2.35. The average molecular weight is 465 g/mol. The maximum atomic E-state index is 10.3. The van der Waals surface area contributed by atoms with Gasteiger partial charge in [-0.2, -0.15) is 0 Å². The van der Waals surface area contributed by atoms with E-state index in [1.807, 2.05) is 7.05 Å². The molecule has 0 aliphatic rings. The van der Waals surface area contributed by atoms with Crippen LogP contribution in [0, 0.1) is 0 Å². The zero-order valence-electron chi connectivity index (χ0n) is 20.9. The molecule has 0 aromatic heterocycles. The van der Waals surface area contributed by atoms with E-state index in [9.17, 15) is 25.5 Å². The molecule has 32 heavy (non-hydrogen) atoms. The number of aliphatic hydroxyl groups excluding tert-OH is 6. The molecule has 7 heteroatoms. The van der Waals surface area contributed by atoms with Gasteiger partial charge in [0.1, 0.15) is 37.5 Å². The summed E-state index contributed by atoms with van der Waals surface area (Å²) in [5.74, 6) is 0. The molecular weight excluding hydrogens is 410 g/mol. The maximum absolute atomic E-state index is 10.3. The zero-order chi connectivity index (χ0) is 24.2. The quantitative estimate of drug-likeness (QED) is 0.102. The molecule has 0 fully saturated rings. The number of hydrogen-bond acceptors (Lipinski definition) is 6. The van der Waals surface area contributed by atoms with Crippen LogP contribution in [0.1, 0.15) is 96.8 Å². The van der Waals surface area contributed by atoms with Gasteiger partial charge in [0.25, 0.3) is 0 Å². The van der Waals surface area contributed by atoms with Crippen LogP contribution in [0.4, 0.5) is 0 Å². The number of likely N-dealkylation sites (N-methyl/N-ethyl adjacent to an activating group) is 1. The van der Waals surface area contributed by atoms with Gasteiger partial charge in [-0.15, -0.1) is 0 Å². The molecule has 0 rings (SSSR count). The molecule has 0 aliphatic heterocycles. The summed E-state index contributed by atoms with van der Waals surface area (Å²) in [6.07, 6.45) is 12.1. The SMILES string of the molecule is CCCCCCCCCCCCCCCC[N+](C)(CCO)C[C@H](O)[C@H](O)[C@H](O)[C@H](O)CO. The Labute approximate surface area is 196 Å². The van der Waals surface area contributed by atoms with E-state index in [1.165, 1.54) is 77.0 Å². The monoisotopic (exact) mass is 464 g/mol. The van der Waals surface area contributed by atoms with Crippen LogP contribution in [0.5, 0.6) is 0 Å². The lowest BCUT2D eigenvalue weighted by molar-refractivity contribution is -0.913. The van der Waals surface area contributed by atoms with Gasteiger partial charge in [-0.1, -0.05) is 84.0 Å². The van der Waals surface area contributed by atoms with Crippen LogP contribution in [-0.4, -0.2) is 99.4 Å². The van der Waals surface area contributed by atoms with E-state index < -0.39 is 31.0 Å². The van der Waals surface area contributed by atoms with Crippen molar-refractivity contribution in [1.82, 2.24) is 0 Å². The minimum absolute atomic E-state index is 0.0280. The van der Waals surface area contributed by atoms with Crippen LogP contribution >= 0.6 is 0 Å². The molecule has 0 heterocycles. The van der Waals surface area contributed by atoms with E-state index in [4.69, 9.17) is 5.11 Å². The van der Waals surface area contributed by atoms with Crippen molar-refractivity contribution in [3.8, 4) is 0 Å². The third-order valence-electron chi connectivity index (χ3n) is 6.64. The van der Waals surface area contributed by atoms with Gasteiger partial charge in [0.15, 0.2) is 0 Å². The first-order valence-corrected chi connectivity index (χ1v) is 13.1.